The number of nitrogens with zero attached hydrogens (tertiary/aromatic N) is 4. The summed E-state index contributed by atoms with van der Waals surface area (Å²) in [6.45, 7) is 0.711. The Hall–Kier alpha value is -3.03. The molecule has 0 amide bonds. The van der Waals surface area contributed by atoms with E-state index in [2.05, 4.69) is 26.9 Å². The normalized spacial score (nSPS) is 11.3. The molecule has 0 radical (unpaired) electrons. The number of thioether (sulfide) groups is 1. The maximum atomic E-state index is 6.17. The predicted molar refractivity (Wildman–Crippen MR) is 112 cm³/mol. The van der Waals surface area contributed by atoms with Crippen molar-refractivity contribution in [3.8, 4) is 11.7 Å². The molecule has 0 atom stereocenters. The minimum Gasteiger partial charge on any atom is -0.459 e. The van der Waals surface area contributed by atoms with Gasteiger partial charge in [0.05, 0.1) is 29.6 Å². The molecule has 5 aromatic rings. The quantitative estimate of drug-likeness (QED) is 0.328. The van der Waals surface area contributed by atoms with Crippen LogP contribution in [-0.2, 0) is 12.3 Å². The van der Waals surface area contributed by atoms with Crippen LogP contribution in [0, 0.1) is 0 Å². The number of hydrogen-bond acceptors (Lipinski definition) is 6. The van der Waals surface area contributed by atoms with Crippen LogP contribution >= 0.6 is 23.4 Å². The Morgan fingerprint density at radius 3 is 2.72 bits per heavy atom. The summed E-state index contributed by atoms with van der Waals surface area (Å²) in [5.41, 5.74) is 3.08. The van der Waals surface area contributed by atoms with Crippen molar-refractivity contribution in [2.24, 2.45) is 0 Å². The molecule has 0 spiro atoms. The van der Waals surface area contributed by atoms with Crippen molar-refractivity contribution < 1.29 is 8.83 Å². The smallest absolute Gasteiger partial charge is 0.283 e. The first-order valence-corrected chi connectivity index (χ1v) is 10.3. The molecule has 29 heavy (non-hydrogen) atoms. The van der Waals surface area contributed by atoms with E-state index in [4.69, 9.17) is 25.4 Å². The molecule has 0 aliphatic heterocycles. The lowest BCUT2D eigenvalue weighted by molar-refractivity contribution is 0.494. The van der Waals surface area contributed by atoms with Crippen LogP contribution in [0.2, 0.25) is 5.02 Å². The van der Waals surface area contributed by atoms with Gasteiger partial charge in [-0.25, -0.2) is 4.98 Å². The molecule has 0 aliphatic rings. The Balaban J connectivity index is 1.43. The second-order valence-corrected chi connectivity index (χ2v) is 7.75. The van der Waals surface area contributed by atoms with Crippen LogP contribution in [0.4, 0.5) is 0 Å². The van der Waals surface area contributed by atoms with E-state index in [1.165, 1.54) is 5.56 Å². The maximum Gasteiger partial charge on any atom is 0.283 e. The van der Waals surface area contributed by atoms with E-state index >= 15 is 0 Å². The Bertz CT molecular complexity index is 1250. The number of imidazole rings is 1. The second-order valence-electron chi connectivity index (χ2n) is 6.37. The van der Waals surface area contributed by atoms with Gasteiger partial charge in [0.2, 0.25) is 5.89 Å². The van der Waals surface area contributed by atoms with E-state index < -0.39 is 0 Å². The van der Waals surface area contributed by atoms with Gasteiger partial charge >= 0.3 is 0 Å². The molecular formula is C21H15ClN4O2S. The Labute approximate surface area is 175 Å². The van der Waals surface area contributed by atoms with Crippen LogP contribution in [0.1, 0.15) is 11.5 Å². The van der Waals surface area contributed by atoms with Crippen LogP contribution in [0.25, 0.3) is 22.7 Å². The summed E-state index contributed by atoms with van der Waals surface area (Å²) in [6, 6.07) is 19.6. The van der Waals surface area contributed by atoms with Crippen molar-refractivity contribution in [3.63, 3.8) is 0 Å². The monoisotopic (exact) mass is 422 g/mol. The van der Waals surface area contributed by atoms with Crippen LogP contribution in [0.5, 0.6) is 0 Å². The summed E-state index contributed by atoms with van der Waals surface area (Å²) in [6.07, 6.45) is 1.57. The van der Waals surface area contributed by atoms with Crippen molar-refractivity contribution >= 4 is 34.4 Å². The van der Waals surface area contributed by atoms with Gasteiger partial charge in [0.1, 0.15) is 0 Å². The van der Waals surface area contributed by atoms with Gasteiger partial charge in [-0.1, -0.05) is 53.7 Å². The lowest BCUT2D eigenvalue weighted by Gasteiger charge is -2.08. The molecule has 0 unspecified atom stereocenters. The molecule has 0 fully saturated rings. The molecular weight excluding hydrogens is 408 g/mol. The highest BCUT2D eigenvalue weighted by Crippen LogP contribution is 2.29. The summed E-state index contributed by atoms with van der Waals surface area (Å²) >= 11 is 7.71. The first-order chi connectivity index (χ1) is 14.3. The molecule has 3 heterocycles. The molecule has 0 saturated heterocycles. The molecule has 5 rings (SSSR count). The van der Waals surface area contributed by atoms with Gasteiger partial charge in [-0.2, -0.15) is 0 Å². The molecule has 0 bridgehead atoms. The number of halogens is 1. The molecule has 144 valence electrons. The number of hydrogen-bond donors (Lipinski definition) is 0. The van der Waals surface area contributed by atoms with Crippen LogP contribution in [-0.4, -0.2) is 19.7 Å². The van der Waals surface area contributed by atoms with E-state index in [0.717, 1.165) is 16.2 Å². The van der Waals surface area contributed by atoms with Crippen LogP contribution < -0.4 is 0 Å². The summed E-state index contributed by atoms with van der Waals surface area (Å²) in [5.74, 6) is 1.94. The molecule has 0 N–H and O–H groups in total. The zero-order valence-electron chi connectivity index (χ0n) is 15.2. The van der Waals surface area contributed by atoms with Gasteiger partial charge in [0.15, 0.2) is 10.9 Å². The van der Waals surface area contributed by atoms with Gasteiger partial charge in [0, 0.05) is 5.02 Å². The van der Waals surface area contributed by atoms with Crippen LogP contribution in [0.15, 0.2) is 80.9 Å². The average Bonchev–Trinajstić information content (AvgIpc) is 3.47. The number of aromatic nitrogens is 4. The Kier molecular flexibility index (Phi) is 4.83. The molecule has 2 aromatic carbocycles. The first-order valence-electron chi connectivity index (χ1n) is 8.95. The summed E-state index contributed by atoms with van der Waals surface area (Å²) in [4.78, 5) is 4.77. The lowest BCUT2D eigenvalue weighted by Crippen LogP contribution is -2.01. The Morgan fingerprint density at radius 2 is 1.90 bits per heavy atom. The standard InChI is InChI=1S/C21H15ClN4O2S/c22-15-8-9-17-16(11-15)23-21(26(17)12-14-5-2-1-3-6-14)29-13-19-24-25-20(28-19)18-7-4-10-27-18/h1-11H,12-13H2. The summed E-state index contributed by atoms with van der Waals surface area (Å²) < 4.78 is 13.2. The zero-order valence-corrected chi connectivity index (χ0v) is 16.7. The number of rotatable bonds is 6. The topological polar surface area (TPSA) is 69.9 Å². The van der Waals surface area contributed by atoms with E-state index in [0.29, 0.717) is 34.9 Å². The van der Waals surface area contributed by atoms with E-state index in [1.807, 2.05) is 36.4 Å². The van der Waals surface area contributed by atoms with Crippen LogP contribution in [0.3, 0.4) is 0 Å². The predicted octanol–water partition coefficient (Wildman–Crippen LogP) is 5.67. The molecule has 3 aromatic heterocycles. The van der Waals surface area contributed by atoms with Gasteiger partial charge in [-0.3, -0.25) is 0 Å². The second kappa shape index (κ2) is 7.77. The third-order valence-corrected chi connectivity index (χ3v) is 5.58. The highest BCUT2D eigenvalue weighted by Gasteiger charge is 2.15. The van der Waals surface area contributed by atoms with Crippen molar-refractivity contribution in [2.45, 2.75) is 17.5 Å². The average molecular weight is 423 g/mol. The van der Waals surface area contributed by atoms with Crippen molar-refractivity contribution in [1.82, 2.24) is 19.7 Å². The third kappa shape index (κ3) is 3.79. The lowest BCUT2D eigenvalue weighted by atomic mass is 10.2. The van der Waals surface area contributed by atoms with Crippen molar-refractivity contribution in [2.75, 3.05) is 0 Å². The minimum atomic E-state index is 0.371. The van der Waals surface area contributed by atoms with Crippen molar-refractivity contribution in [3.05, 3.63) is 83.4 Å². The molecule has 6 nitrogen and oxygen atoms in total. The minimum absolute atomic E-state index is 0.371. The SMILES string of the molecule is Clc1ccc2c(c1)nc(SCc1nnc(-c3ccco3)o1)n2Cc1ccccc1. The molecule has 0 aliphatic carbocycles. The summed E-state index contributed by atoms with van der Waals surface area (Å²) in [5, 5.41) is 9.69. The largest absolute Gasteiger partial charge is 0.459 e. The Morgan fingerprint density at radius 1 is 1.00 bits per heavy atom. The summed E-state index contributed by atoms with van der Waals surface area (Å²) in [7, 11) is 0. The van der Waals surface area contributed by atoms with Gasteiger partial charge in [-0.05, 0) is 35.9 Å². The highest BCUT2D eigenvalue weighted by molar-refractivity contribution is 7.98. The van der Waals surface area contributed by atoms with E-state index in [1.54, 1.807) is 30.2 Å². The molecule has 0 saturated carbocycles. The third-order valence-electron chi connectivity index (χ3n) is 4.38. The van der Waals surface area contributed by atoms with Crippen molar-refractivity contribution in [1.29, 1.82) is 0 Å². The van der Waals surface area contributed by atoms with Gasteiger partial charge in [-0.15, -0.1) is 10.2 Å². The van der Waals surface area contributed by atoms with Gasteiger partial charge < -0.3 is 13.4 Å². The number of furan rings is 1. The number of fused-ring (bicyclic) bond motifs is 1. The molecule has 8 heteroatoms. The van der Waals surface area contributed by atoms with E-state index in [9.17, 15) is 0 Å². The van der Waals surface area contributed by atoms with Gasteiger partial charge in [0.25, 0.3) is 5.89 Å². The maximum absolute atomic E-state index is 6.17. The van der Waals surface area contributed by atoms with E-state index in [-0.39, 0.29) is 0 Å². The zero-order chi connectivity index (χ0) is 19.6. The first kappa shape index (κ1) is 18.0. The fourth-order valence-corrected chi connectivity index (χ4v) is 4.07. The fourth-order valence-electron chi connectivity index (χ4n) is 3.05. The number of benzene rings is 2. The highest BCUT2D eigenvalue weighted by atomic mass is 35.5. The fraction of sp³-hybridized carbons (Fsp3) is 0.0952.